The van der Waals surface area contributed by atoms with Gasteiger partial charge in [0.05, 0.1) is 25.3 Å². The van der Waals surface area contributed by atoms with E-state index in [1.54, 1.807) is 0 Å². The molecule has 0 unspecified atom stereocenters. The van der Waals surface area contributed by atoms with E-state index >= 15 is 0 Å². The summed E-state index contributed by atoms with van der Waals surface area (Å²) in [5.74, 6) is 0. The van der Waals surface area contributed by atoms with Crippen molar-refractivity contribution in [3.8, 4) is 0 Å². The van der Waals surface area contributed by atoms with E-state index < -0.39 is 12.2 Å². The Kier molecular flexibility index (Phi) is 3.01. The van der Waals surface area contributed by atoms with Gasteiger partial charge in [-0.25, -0.2) is 4.79 Å². The van der Waals surface area contributed by atoms with Crippen LogP contribution in [0.4, 0.5) is 4.79 Å². The van der Waals surface area contributed by atoms with Crippen molar-refractivity contribution in [1.29, 1.82) is 0 Å². The zero-order chi connectivity index (χ0) is 10.9. The summed E-state index contributed by atoms with van der Waals surface area (Å²) in [6, 6.07) is -0.242. The molecule has 5 nitrogen and oxygen atoms in total. The average Bonchev–Trinajstić information content (AvgIpc) is 2.28. The van der Waals surface area contributed by atoms with Crippen LogP contribution in [-0.4, -0.2) is 52.0 Å². The molecule has 0 bridgehead atoms. The normalized spacial score (nSPS) is 27.9. The maximum atomic E-state index is 11.5. The third kappa shape index (κ3) is 2.85. The number of hydrogen-bond donors (Lipinski definition) is 3. The van der Waals surface area contributed by atoms with Gasteiger partial charge in [0, 0.05) is 5.54 Å². The van der Waals surface area contributed by atoms with Crippen molar-refractivity contribution in [3.63, 3.8) is 0 Å². The van der Waals surface area contributed by atoms with Gasteiger partial charge in [0.1, 0.15) is 0 Å². The molecular formula is C9H18N2O3. The van der Waals surface area contributed by atoms with Crippen LogP contribution in [0.2, 0.25) is 0 Å². The molecule has 82 valence electrons. The summed E-state index contributed by atoms with van der Waals surface area (Å²) in [6.45, 7) is 6.04. The van der Waals surface area contributed by atoms with Gasteiger partial charge in [-0.3, -0.25) is 0 Å². The van der Waals surface area contributed by atoms with Crippen LogP contribution in [0.5, 0.6) is 0 Å². The molecule has 1 aliphatic rings. The SMILES string of the molecule is CC(C)(C)NC(=O)N1C[C@@H](O)[C@@H](O)C1. The molecule has 0 aromatic heterocycles. The van der Waals surface area contributed by atoms with Crippen molar-refractivity contribution >= 4 is 6.03 Å². The summed E-state index contributed by atoms with van der Waals surface area (Å²) >= 11 is 0. The molecule has 5 heteroatoms. The van der Waals surface area contributed by atoms with Crippen LogP contribution >= 0.6 is 0 Å². The summed E-state index contributed by atoms with van der Waals surface area (Å²) in [7, 11) is 0. The van der Waals surface area contributed by atoms with Gasteiger partial charge >= 0.3 is 6.03 Å². The first-order valence-electron chi connectivity index (χ1n) is 4.73. The van der Waals surface area contributed by atoms with Gasteiger partial charge in [0.25, 0.3) is 0 Å². The largest absolute Gasteiger partial charge is 0.388 e. The van der Waals surface area contributed by atoms with E-state index in [1.807, 2.05) is 20.8 Å². The Morgan fingerprint density at radius 3 is 2.07 bits per heavy atom. The Morgan fingerprint density at radius 1 is 1.29 bits per heavy atom. The van der Waals surface area contributed by atoms with Crippen molar-refractivity contribution in [2.45, 2.75) is 38.5 Å². The van der Waals surface area contributed by atoms with Crippen LogP contribution in [-0.2, 0) is 0 Å². The molecule has 0 radical (unpaired) electrons. The minimum atomic E-state index is -0.819. The number of carbonyl (C=O) groups excluding carboxylic acids is 1. The lowest BCUT2D eigenvalue weighted by Gasteiger charge is -2.25. The predicted octanol–water partition coefficient (Wildman–Crippen LogP) is -0.468. The number of hydrogen-bond acceptors (Lipinski definition) is 3. The summed E-state index contributed by atoms with van der Waals surface area (Å²) in [5, 5.41) is 21.3. The second kappa shape index (κ2) is 3.74. The van der Waals surface area contributed by atoms with E-state index in [1.165, 1.54) is 4.90 Å². The van der Waals surface area contributed by atoms with Crippen molar-refractivity contribution in [2.24, 2.45) is 0 Å². The van der Waals surface area contributed by atoms with Crippen molar-refractivity contribution < 1.29 is 15.0 Å². The van der Waals surface area contributed by atoms with Gasteiger partial charge in [0.2, 0.25) is 0 Å². The van der Waals surface area contributed by atoms with Gasteiger partial charge < -0.3 is 20.4 Å². The zero-order valence-corrected chi connectivity index (χ0v) is 8.82. The van der Waals surface area contributed by atoms with Gasteiger partial charge in [-0.1, -0.05) is 0 Å². The van der Waals surface area contributed by atoms with Crippen LogP contribution < -0.4 is 5.32 Å². The number of aliphatic hydroxyl groups is 2. The molecular weight excluding hydrogens is 184 g/mol. The third-order valence-corrected chi connectivity index (χ3v) is 2.03. The fourth-order valence-corrected chi connectivity index (χ4v) is 1.34. The highest BCUT2D eigenvalue weighted by atomic mass is 16.3. The molecule has 3 N–H and O–H groups in total. The van der Waals surface area contributed by atoms with Gasteiger partial charge in [-0.15, -0.1) is 0 Å². The molecule has 0 aromatic rings. The van der Waals surface area contributed by atoms with Crippen molar-refractivity contribution in [2.75, 3.05) is 13.1 Å². The van der Waals surface area contributed by atoms with E-state index in [0.717, 1.165) is 0 Å². The van der Waals surface area contributed by atoms with Crippen LogP contribution in [0.1, 0.15) is 20.8 Å². The van der Waals surface area contributed by atoms with E-state index in [9.17, 15) is 15.0 Å². The Bertz CT molecular complexity index is 215. The number of amides is 2. The minimum absolute atomic E-state index is 0.198. The number of carbonyl (C=O) groups is 1. The van der Waals surface area contributed by atoms with Gasteiger partial charge in [-0.05, 0) is 20.8 Å². The quantitative estimate of drug-likeness (QED) is 0.497. The first-order valence-corrected chi connectivity index (χ1v) is 4.73. The summed E-state index contributed by atoms with van der Waals surface area (Å²) in [4.78, 5) is 13.0. The first kappa shape index (κ1) is 11.3. The lowest BCUT2D eigenvalue weighted by atomic mass is 10.1. The lowest BCUT2D eigenvalue weighted by molar-refractivity contribution is 0.0572. The van der Waals surface area contributed by atoms with Crippen LogP contribution in [0, 0.1) is 0 Å². The van der Waals surface area contributed by atoms with Crippen LogP contribution in [0.25, 0.3) is 0 Å². The molecule has 0 saturated carbocycles. The molecule has 2 atom stereocenters. The molecule has 14 heavy (non-hydrogen) atoms. The Hall–Kier alpha value is -0.810. The van der Waals surface area contributed by atoms with Gasteiger partial charge in [0.15, 0.2) is 0 Å². The minimum Gasteiger partial charge on any atom is -0.388 e. The van der Waals surface area contributed by atoms with E-state index in [2.05, 4.69) is 5.32 Å². The van der Waals surface area contributed by atoms with Gasteiger partial charge in [-0.2, -0.15) is 0 Å². The number of β-amino-alcohol motifs (C(OH)–C–C–N with tert-alkyl or cyclic N) is 2. The second-order valence-corrected chi connectivity index (χ2v) is 4.72. The fourth-order valence-electron chi connectivity index (χ4n) is 1.34. The summed E-state index contributed by atoms with van der Waals surface area (Å²) in [5.41, 5.74) is -0.296. The van der Waals surface area contributed by atoms with Crippen LogP contribution in [0.3, 0.4) is 0 Å². The third-order valence-electron chi connectivity index (χ3n) is 2.03. The standard InChI is InChI=1S/C9H18N2O3/c1-9(2,3)10-8(14)11-4-6(12)7(13)5-11/h6-7,12-13H,4-5H2,1-3H3,(H,10,14)/t6-,7+. The lowest BCUT2D eigenvalue weighted by Crippen LogP contribution is -2.48. The molecule has 0 spiro atoms. The van der Waals surface area contributed by atoms with E-state index in [-0.39, 0.29) is 24.7 Å². The molecule has 1 saturated heterocycles. The predicted molar refractivity (Wildman–Crippen MR) is 51.9 cm³/mol. The first-order chi connectivity index (χ1) is 6.29. The van der Waals surface area contributed by atoms with Crippen LogP contribution in [0.15, 0.2) is 0 Å². The number of nitrogens with zero attached hydrogens (tertiary/aromatic N) is 1. The number of likely N-dealkylation sites (tertiary alicyclic amines) is 1. The maximum Gasteiger partial charge on any atom is 0.317 e. The molecule has 1 heterocycles. The fraction of sp³-hybridized carbons (Fsp3) is 0.889. The topological polar surface area (TPSA) is 72.8 Å². The number of urea groups is 1. The molecule has 0 aromatic carbocycles. The smallest absolute Gasteiger partial charge is 0.317 e. The molecule has 2 amide bonds. The van der Waals surface area contributed by atoms with Crippen molar-refractivity contribution in [1.82, 2.24) is 10.2 Å². The van der Waals surface area contributed by atoms with E-state index in [0.29, 0.717) is 0 Å². The Morgan fingerprint density at radius 2 is 1.71 bits per heavy atom. The van der Waals surface area contributed by atoms with Crippen molar-refractivity contribution in [3.05, 3.63) is 0 Å². The summed E-state index contributed by atoms with van der Waals surface area (Å²) in [6.07, 6.45) is -1.64. The van der Waals surface area contributed by atoms with E-state index in [4.69, 9.17) is 0 Å². The number of aliphatic hydroxyl groups excluding tert-OH is 2. The zero-order valence-electron chi connectivity index (χ0n) is 8.82. The average molecular weight is 202 g/mol. The number of nitrogens with one attached hydrogen (secondary N) is 1. The number of rotatable bonds is 0. The molecule has 1 rings (SSSR count). The Labute approximate surface area is 83.7 Å². The highest BCUT2D eigenvalue weighted by molar-refractivity contribution is 5.75. The Balaban J connectivity index is 2.48. The molecule has 1 fully saturated rings. The molecule has 0 aliphatic carbocycles. The maximum absolute atomic E-state index is 11.5. The highest BCUT2D eigenvalue weighted by Gasteiger charge is 2.33. The molecule has 1 aliphatic heterocycles. The second-order valence-electron chi connectivity index (χ2n) is 4.72. The monoisotopic (exact) mass is 202 g/mol. The highest BCUT2D eigenvalue weighted by Crippen LogP contribution is 2.11. The summed E-state index contributed by atoms with van der Waals surface area (Å²) < 4.78 is 0.